The first kappa shape index (κ1) is 23.3. The first-order valence-electron chi connectivity index (χ1n) is 10.6. The fraction of sp³-hybridized carbons (Fsp3) is 0.231. The third-order valence-electron chi connectivity index (χ3n) is 5.22. The monoisotopic (exact) mass is 479 g/mol. The summed E-state index contributed by atoms with van der Waals surface area (Å²) in [6, 6.07) is 22.0. The summed E-state index contributed by atoms with van der Waals surface area (Å²) in [5.41, 5.74) is 3.68. The average molecular weight is 480 g/mol. The molecule has 4 rings (SSSR count). The summed E-state index contributed by atoms with van der Waals surface area (Å²) in [7, 11) is 1.54. The minimum atomic E-state index is -1.11. The first-order valence-corrected chi connectivity index (χ1v) is 12.7. The number of carbonyl (C=O) groups is 2. The van der Waals surface area contributed by atoms with Gasteiger partial charge >= 0.3 is 5.97 Å². The lowest BCUT2D eigenvalue weighted by Crippen LogP contribution is -2.26. The Morgan fingerprint density at radius 3 is 2.33 bits per heavy atom. The number of rotatable bonds is 7. The van der Waals surface area contributed by atoms with Gasteiger partial charge in [0, 0.05) is 17.1 Å². The molecule has 1 heterocycles. The zero-order chi connectivity index (χ0) is 23.2. The van der Waals surface area contributed by atoms with E-state index in [4.69, 9.17) is 9.47 Å². The fourth-order valence-electron chi connectivity index (χ4n) is 3.52. The topological polar surface area (TPSA) is 64.6 Å². The van der Waals surface area contributed by atoms with Crippen LogP contribution in [0.15, 0.2) is 72.8 Å². The molecule has 0 bridgehead atoms. The van der Waals surface area contributed by atoms with Crippen LogP contribution in [0.25, 0.3) is 0 Å². The van der Waals surface area contributed by atoms with Crippen molar-refractivity contribution in [3.63, 3.8) is 0 Å². The van der Waals surface area contributed by atoms with E-state index in [1.54, 1.807) is 37.4 Å². The van der Waals surface area contributed by atoms with Gasteiger partial charge in [0.15, 0.2) is 0 Å². The Balaban J connectivity index is 1.54. The van der Waals surface area contributed by atoms with Crippen molar-refractivity contribution in [2.75, 3.05) is 23.9 Å². The second kappa shape index (κ2) is 10.8. The largest absolute Gasteiger partial charge is 0.495 e. The molecular formula is C26H25NO4S2. The van der Waals surface area contributed by atoms with Gasteiger partial charge in [0.1, 0.15) is 5.75 Å². The minimum absolute atomic E-state index is 0.405. The molecule has 1 fully saturated rings. The second-order valence-corrected chi connectivity index (χ2v) is 10.3. The van der Waals surface area contributed by atoms with Crippen LogP contribution < -0.4 is 10.1 Å². The summed E-state index contributed by atoms with van der Waals surface area (Å²) < 4.78 is 11.5. The third-order valence-corrected chi connectivity index (χ3v) is 8.32. The Labute approximate surface area is 202 Å². The normalized spacial score (nSPS) is 14.5. The summed E-state index contributed by atoms with van der Waals surface area (Å²) in [5, 5.41) is 2.86. The number of benzene rings is 3. The number of hydrogen-bond donors (Lipinski definition) is 1. The number of anilines is 1. The van der Waals surface area contributed by atoms with Gasteiger partial charge in [-0.2, -0.15) is 0 Å². The van der Waals surface area contributed by atoms with Crippen LogP contribution in [0.1, 0.15) is 37.7 Å². The maximum Gasteiger partial charge on any atom is 0.339 e. The smallest absolute Gasteiger partial charge is 0.339 e. The van der Waals surface area contributed by atoms with Gasteiger partial charge in [-0.15, -0.1) is 23.5 Å². The average Bonchev–Trinajstić information content (AvgIpc) is 3.38. The zero-order valence-electron chi connectivity index (χ0n) is 18.4. The lowest BCUT2D eigenvalue weighted by molar-refractivity contribution is -0.125. The highest BCUT2D eigenvalue weighted by Gasteiger charge is 2.27. The van der Waals surface area contributed by atoms with Crippen molar-refractivity contribution in [1.82, 2.24) is 0 Å². The highest BCUT2D eigenvalue weighted by atomic mass is 32.2. The molecule has 1 aliphatic rings. The van der Waals surface area contributed by atoms with E-state index in [0.717, 1.165) is 17.1 Å². The highest BCUT2D eigenvalue weighted by Crippen LogP contribution is 2.45. The van der Waals surface area contributed by atoms with Crippen molar-refractivity contribution in [3.05, 3.63) is 95.1 Å². The van der Waals surface area contributed by atoms with E-state index in [1.165, 1.54) is 5.56 Å². The molecule has 1 N–H and O–H groups in total. The van der Waals surface area contributed by atoms with Crippen molar-refractivity contribution >= 4 is 41.1 Å². The van der Waals surface area contributed by atoms with Crippen LogP contribution in [0, 0.1) is 6.92 Å². The van der Waals surface area contributed by atoms with E-state index in [-0.39, 0.29) is 0 Å². The zero-order valence-corrected chi connectivity index (χ0v) is 20.1. The van der Waals surface area contributed by atoms with Crippen LogP contribution in [-0.4, -0.2) is 30.5 Å². The van der Waals surface area contributed by atoms with Gasteiger partial charge in [0.05, 0.1) is 22.9 Å². The third kappa shape index (κ3) is 5.72. The number of esters is 1. The van der Waals surface area contributed by atoms with Crippen LogP contribution in [0.4, 0.5) is 5.69 Å². The van der Waals surface area contributed by atoms with Gasteiger partial charge < -0.3 is 14.8 Å². The van der Waals surface area contributed by atoms with Crippen LogP contribution in [-0.2, 0) is 9.53 Å². The lowest BCUT2D eigenvalue weighted by Gasteiger charge is -2.19. The fourth-order valence-corrected chi connectivity index (χ4v) is 6.38. The molecule has 1 atom stereocenters. The molecule has 1 saturated heterocycles. The molecule has 170 valence electrons. The summed E-state index contributed by atoms with van der Waals surface area (Å²) in [6.45, 7) is 1.93. The van der Waals surface area contributed by atoms with Crippen LogP contribution in [0.2, 0.25) is 0 Å². The Morgan fingerprint density at radius 1 is 0.970 bits per heavy atom. The van der Waals surface area contributed by atoms with Crippen LogP contribution in [0.5, 0.6) is 5.75 Å². The molecule has 0 saturated carbocycles. The molecule has 1 aliphatic heterocycles. The second-order valence-electron chi connectivity index (χ2n) is 7.58. The van der Waals surface area contributed by atoms with Gasteiger partial charge in [-0.3, -0.25) is 4.79 Å². The van der Waals surface area contributed by atoms with Crippen molar-refractivity contribution in [3.8, 4) is 5.75 Å². The molecule has 33 heavy (non-hydrogen) atoms. The van der Waals surface area contributed by atoms with Crippen LogP contribution in [0.3, 0.4) is 0 Å². The maximum atomic E-state index is 13.2. The minimum Gasteiger partial charge on any atom is -0.495 e. The summed E-state index contributed by atoms with van der Waals surface area (Å²) in [6.07, 6.45) is -1.11. The van der Waals surface area contributed by atoms with E-state index in [0.29, 0.717) is 27.1 Å². The lowest BCUT2D eigenvalue weighted by atomic mass is 10.1. The molecule has 1 amide bonds. The number of ether oxygens (including phenoxy) is 2. The number of carbonyl (C=O) groups excluding carboxylic acids is 2. The van der Waals surface area contributed by atoms with Crippen molar-refractivity contribution < 1.29 is 19.1 Å². The summed E-state index contributed by atoms with van der Waals surface area (Å²) in [4.78, 5) is 26.2. The predicted molar refractivity (Wildman–Crippen MR) is 135 cm³/mol. The van der Waals surface area contributed by atoms with Crippen molar-refractivity contribution in [1.29, 1.82) is 0 Å². The number of thioether (sulfide) groups is 2. The van der Waals surface area contributed by atoms with Gasteiger partial charge in [-0.05, 0) is 42.3 Å². The first-order chi connectivity index (χ1) is 16.0. The maximum absolute atomic E-state index is 13.2. The van der Waals surface area contributed by atoms with Crippen molar-refractivity contribution in [2.24, 2.45) is 0 Å². The Kier molecular flexibility index (Phi) is 7.62. The summed E-state index contributed by atoms with van der Waals surface area (Å²) >= 11 is 3.82. The molecular weight excluding hydrogens is 454 g/mol. The number of hydrogen-bond acceptors (Lipinski definition) is 6. The Bertz CT molecular complexity index is 1110. The van der Waals surface area contributed by atoms with Crippen molar-refractivity contribution in [2.45, 2.75) is 17.6 Å². The number of methoxy groups -OCH3 is 1. The van der Waals surface area contributed by atoms with Gasteiger partial charge in [-0.1, -0.05) is 48.5 Å². The van der Waals surface area contributed by atoms with E-state index in [9.17, 15) is 9.59 Å². The molecule has 0 aliphatic carbocycles. The van der Waals surface area contributed by atoms with E-state index < -0.39 is 18.0 Å². The molecule has 3 aromatic carbocycles. The number of amides is 1. The van der Waals surface area contributed by atoms with Crippen LogP contribution >= 0.6 is 23.5 Å². The summed E-state index contributed by atoms with van der Waals surface area (Å²) in [5.74, 6) is 1.81. The molecule has 1 unspecified atom stereocenters. The molecule has 5 nitrogen and oxygen atoms in total. The molecule has 3 aromatic rings. The standard InChI is InChI=1S/C26H25NO4S2/c1-17-8-13-22(30-2)21(16-17)27-24(28)23(18-6-4-3-5-7-18)31-25(29)19-9-11-20(12-10-19)26-32-14-15-33-26/h3-13,16,23,26H,14-15H2,1-2H3,(H,27,28). The Morgan fingerprint density at radius 2 is 1.67 bits per heavy atom. The number of nitrogens with one attached hydrogen (secondary N) is 1. The van der Waals surface area contributed by atoms with E-state index in [2.05, 4.69) is 5.32 Å². The highest BCUT2D eigenvalue weighted by molar-refractivity contribution is 8.19. The molecule has 0 spiro atoms. The quantitative estimate of drug-likeness (QED) is 0.418. The van der Waals surface area contributed by atoms with Gasteiger partial charge in [-0.25, -0.2) is 4.79 Å². The van der Waals surface area contributed by atoms with E-state index >= 15 is 0 Å². The predicted octanol–water partition coefficient (Wildman–Crippen LogP) is 6.02. The molecule has 7 heteroatoms. The van der Waals surface area contributed by atoms with E-state index in [1.807, 2.05) is 72.9 Å². The molecule has 0 radical (unpaired) electrons. The van der Waals surface area contributed by atoms with Gasteiger partial charge in [0.25, 0.3) is 5.91 Å². The Hall–Kier alpha value is -2.90. The molecule has 0 aromatic heterocycles. The van der Waals surface area contributed by atoms with Gasteiger partial charge in [0.2, 0.25) is 6.10 Å². The SMILES string of the molecule is COc1ccc(C)cc1NC(=O)C(OC(=O)c1ccc(C2SCCS2)cc1)c1ccccc1. The number of aryl methyl sites for hydroxylation is 1.